The number of nitrogens with zero attached hydrogens (tertiary/aromatic N) is 2. The predicted octanol–water partition coefficient (Wildman–Crippen LogP) is 10.9. The number of hydrogen-bond donors (Lipinski definition) is 0. The van der Waals surface area contributed by atoms with Crippen LogP contribution in [0.25, 0.3) is 0 Å². The van der Waals surface area contributed by atoms with Gasteiger partial charge in [0.1, 0.15) is 19.0 Å². The third-order valence-electron chi connectivity index (χ3n) is 8.59. The molecule has 51 heavy (non-hydrogen) atoms. The Morgan fingerprint density at radius 1 is 0.588 bits per heavy atom. The molecule has 6 rings (SSSR count). The van der Waals surface area contributed by atoms with Crippen LogP contribution in [-0.2, 0) is 27.5 Å². The number of carbonyl (C=O) groups is 3. The Balaban J connectivity index is 0.000000251. The molecule has 2 saturated heterocycles. The zero-order valence-corrected chi connectivity index (χ0v) is 30.9. The molecule has 2 atom stereocenters. The standard InChI is InChI=1S/C21H23NO2.C19H19NO3.2C2H6/c1-2-17-13-14-22(20(15-17)19-11-7-4-8-12-19)21(23)24-16-18-9-5-3-6-10-18;21-17-11-12-20(18(13-17)16-9-5-2-6-10-16)19(22)23-14-15-7-3-1-4-8-15;2*1-2/h2-12,20H,13-16H2,1H3;1-10,18H,11-14H2;2*1-2H3. The minimum Gasteiger partial charge on any atom is -0.445 e. The Bertz CT molecular complexity index is 1610. The lowest BCUT2D eigenvalue weighted by Crippen LogP contribution is -2.41. The second kappa shape index (κ2) is 22.5. The van der Waals surface area contributed by atoms with E-state index in [2.05, 4.69) is 25.1 Å². The second-order valence-corrected chi connectivity index (χ2v) is 11.7. The van der Waals surface area contributed by atoms with Crippen molar-refractivity contribution in [3.8, 4) is 0 Å². The zero-order chi connectivity index (χ0) is 36.8. The van der Waals surface area contributed by atoms with E-state index in [0.717, 1.165) is 35.1 Å². The first-order valence-electron chi connectivity index (χ1n) is 18.2. The van der Waals surface area contributed by atoms with Crippen LogP contribution in [0.5, 0.6) is 0 Å². The van der Waals surface area contributed by atoms with Crippen molar-refractivity contribution in [3.63, 3.8) is 0 Å². The third-order valence-corrected chi connectivity index (χ3v) is 8.59. The van der Waals surface area contributed by atoms with Crippen LogP contribution in [0.3, 0.4) is 0 Å². The smallest absolute Gasteiger partial charge is 0.410 e. The quantitative estimate of drug-likeness (QED) is 0.188. The van der Waals surface area contributed by atoms with Gasteiger partial charge in [0.2, 0.25) is 0 Å². The van der Waals surface area contributed by atoms with Crippen LogP contribution in [0, 0.1) is 0 Å². The van der Waals surface area contributed by atoms with Crippen molar-refractivity contribution in [2.75, 3.05) is 13.1 Å². The summed E-state index contributed by atoms with van der Waals surface area (Å²) in [4.78, 5) is 40.4. The summed E-state index contributed by atoms with van der Waals surface area (Å²) < 4.78 is 11.0. The molecule has 0 N–H and O–H groups in total. The van der Waals surface area contributed by atoms with E-state index in [1.165, 1.54) is 5.57 Å². The normalized spacial score (nSPS) is 17.4. The summed E-state index contributed by atoms with van der Waals surface area (Å²) >= 11 is 0. The summed E-state index contributed by atoms with van der Waals surface area (Å²) in [6.07, 6.45) is 4.11. The first-order valence-corrected chi connectivity index (χ1v) is 18.2. The molecule has 2 aliphatic rings. The van der Waals surface area contributed by atoms with E-state index in [4.69, 9.17) is 9.47 Å². The van der Waals surface area contributed by atoms with Crippen molar-refractivity contribution in [2.24, 2.45) is 0 Å². The van der Waals surface area contributed by atoms with Gasteiger partial charge in [-0.3, -0.25) is 4.79 Å². The number of carbonyl (C=O) groups excluding carboxylic acids is 3. The van der Waals surface area contributed by atoms with Crippen LogP contribution in [0.1, 0.15) is 94.6 Å². The molecule has 0 saturated carbocycles. The lowest BCUT2D eigenvalue weighted by molar-refractivity contribution is -0.122. The van der Waals surface area contributed by atoms with Crippen molar-refractivity contribution in [1.29, 1.82) is 0 Å². The molecule has 270 valence electrons. The molecular formula is C44H54N2O5. The maximum absolute atomic E-state index is 12.6. The average Bonchev–Trinajstić information content (AvgIpc) is 3.22. The van der Waals surface area contributed by atoms with Gasteiger partial charge in [-0.05, 0) is 42.0 Å². The van der Waals surface area contributed by atoms with E-state index < -0.39 is 0 Å². The summed E-state index contributed by atoms with van der Waals surface area (Å²) in [6, 6.07) is 39.1. The Kier molecular flexibility index (Phi) is 17.8. The van der Waals surface area contributed by atoms with E-state index in [1.807, 2.05) is 142 Å². The SMILES string of the molecule is CC.CC.CC=C1CCN(C(=O)OCc2ccccc2)C(c2ccccc2)C1.O=C1CCN(C(=O)OCc2ccccc2)C(c2ccccc2)C1. The van der Waals surface area contributed by atoms with Crippen LogP contribution >= 0.6 is 0 Å². The van der Waals surface area contributed by atoms with Crippen molar-refractivity contribution < 1.29 is 23.9 Å². The number of ether oxygens (including phenoxy) is 2. The molecule has 4 aromatic rings. The highest BCUT2D eigenvalue weighted by molar-refractivity contribution is 5.82. The fraction of sp³-hybridized carbons (Fsp3) is 0.341. The maximum atomic E-state index is 12.6. The fourth-order valence-electron chi connectivity index (χ4n) is 5.96. The van der Waals surface area contributed by atoms with E-state index in [-0.39, 0.29) is 36.7 Å². The van der Waals surface area contributed by atoms with Crippen molar-refractivity contribution in [3.05, 3.63) is 155 Å². The molecule has 7 heteroatoms. The number of Topliss-reactive ketones (excluding diaryl/α,β-unsaturated/α-hetero) is 1. The molecule has 7 nitrogen and oxygen atoms in total. The molecular weight excluding hydrogens is 636 g/mol. The molecule has 2 amide bonds. The largest absolute Gasteiger partial charge is 0.445 e. The molecule has 4 aromatic carbocycles. The van der Waals surface area contributed by atoms with Gasteiger partial charge < -0.3 is 19.3 Å². The summed E-state index contributed by atoms with van der Waals surface area (Å²) in [7, 11) is 0. The van der Waals surface area contributed by atoms with E-state index >= 15 is 0 Å². The van der Waals surface area contributed by atoms with Crippen molar-refractivity contribution in [1.82, 2.24) is 9.80 Å². The van der Waals surface area contributed by atoms with Crippen LogP contribution in [-0.4, -0.2) is 40.9 Å². The van der Waals surface area contributed by atoms with E-state index in [9.17, 15) is 14.4 Å². The Morgan fingerprint density at radius 2 is 0.961 bits per heavy atom. The Morgan fingerprint density at radius 3 is 1.37 bits per heavy atom. The maximum Gasteiger partial charge on any atom is 0.410 e. The highest BCUT2D eigenvalue weighted by atomic mass is 16.6. The minimum atomic E-state index is -0.366. The van der Waals surface area contributed by atoms with Crippen molar-refractivity contribution in [2.45, 2.75) is 85.6 Å². The number of piperidine rings is 2. The molecule has 0 aliphatic carbocycles. The molecule has 2 heterocycles. The number of likely N-dealkylation sites (tertiary alicyclic amines) is 2. The molecule has 0 spiro atoms. The Labute approximate surface area is 304 Å². The summed E-state index contributed by atoms with van der Waals surface area (Å²) in [5.74, 6) is 0.186. The number of rotatable bonds is 6. The van der Waals surface area contributed by atoms with Crippen LogP contribution in [0.2, 0.25) is 0 Å². The average molecular weight is 691 g/mol. The van der Waals surface area contributed by atoms with Crippen LogP contribution in [0.15, 0.2) is 133 Å². The van der Waals surface area contributed by atoms with Gasteiger partial charge in [0.25, 0.3) is 0 Å². The lowest BCUT2D eigenvalue weighted by atomic mass is 9.91. The number of benzene rings is 4. The topological polar surface area (TPSA) is 76.2 Å². The monoisotopic (exact) mass is 690 g/mol. The van der Waals surface area contributed by atoms with Crippen molar-refractivity contribution >= 4 is 18.0 Å². The lowest BCUT2D eigenvalue weighted by Gasteiger charge is -2.36. The van der Waals surface area contributed by atoms with Gasteiger partial charge >= 0.3 is 12.2 Å². The number of allylic oxidation sites excluding steroid dienone is 1. The van der Waals surface area contributed by atoms with Gasteiger partial charge in [-0.15, -0.1) is 0 Å². The number of ketones is 1. The molecule has 2 unspecified atom stereocenters. The number of hydrogen-bond acceptors (Lipinski definition) is 5. The highest BCUT2D eigenvalue weighted by Gasteiger charge is 2.33. The van der Waals surface area contributed by atoms with Gasteiger partial charge in [-0.25, -0.2) is 9.59 Å². The van der Waals surface area contributed by atoms with Gasteiger partial charge in [-0.1, -0.05) is 161 Å². The first-order chi connectivity index (χ1) is 25.0. The molecule has 0 radical (unpaired) electrons. The summed E-state index contributed by atoms with van der Waals surface area (Å²) in [5.41, 5.74) is 5.49. The fourth-order valence-corrected chi connectivity index (χ4v) is 5.96. The summed E-state index contributed by atoms with van der Waals surface area (Å²) in [6.45, 7) is 11.7. The summed E-state index contributed by atoms with van der Waals surface area (Å²) in [5, 5.41) is 0. The number of amides is 2. The first kappa shape index (κ1) is 40.3. The predicted molar refractivity (Wildman–Crippen MR) is 205 cm³/mol. The molecule has 2 aliphatic heterocycles. The third kappa shape index (κ3) is 12.6. The zero-order valence-electron chi connectivity index (χ0n) is 30.9. The van der Waals surface area contributed by atoms with E-state index in [1.54, 1.807) is 4.90 Å². The van der Waals surface area contributed by atoms with Crippen LogP contribution in [0.4, 0.5) is 9.59 Å². The Hall–Kier alpha value is -5.17. The van der Waals surface area contributed by atoms with Gasteiger partial charge in [-0.2, -0.15) is 0 Å². The van der Waals surface area contributed by atoms with Gasteiger partial charge in [0, 0.05) is 25.9 Å². The van der Waals surface area contributed by atoms with E-state index in [0.29, 0.717) is 32.5 Å². The highest BCUT2D eigenvalue weighted by Crippen LogP contribution is 2.34. The minimum absolute atomic E-state index is 0.0504. The van der Waals surface area contributed by atoms with Gasteiger partial charge in [0.15, 0.2) is 0 Å². The molecule has 0 bridgehead atoms. The second-order valence-electron chi connectivity index (χ2n) is 11.7. The van der Waals surface area contributed by atoms with Crippen LogP contribution < -0.4 is 0 Å². The van der Waals surface area contributed by atoms with Gasteiger partial charge in [0.05, 0.1) is 12.1 Å². The molecule has 0 aromatic heterocycles. The molecule has 2 fully saturated rings.